The van der Waals surface area contributed by atoms with Gasteiger partial charge < -0.3 is 9.47 Å². The number of hydrogen-bond acceptors (Lipinski definition) is 4. The van der Waals surface area contributed by atoms with Gasteiger partial charge in [-0.3, -0.25) is 0 Å². The Kier molecular flexibility index (Phi) is 3.86. The lowest BCUT2D eigenvalue weighted by Gasteiger charge is -2.26. The Balaban J connectivity index is 2.65. The zero-order chi connectivity index (χ0) is 13.9. The molecule has 0 aromatic heterocycles. The minimum absolute atomic E-state index is 0.310. The molecule has 1 aromatic rings. The normalized spacial score (nSPS) is 16.8. The van der Waals surface area contributed by atoms with Crippen LogP contribution in [0.4, 0.5) is 4.39 Å². The summed E-state index contributed by atoms with van der Waals surface area (Å²) in [4.78, 5) is 14.7. The topological polar surface area (TPSA) is 47.9 Å². The number of aliphatic imine (C=N–C) groups is 1. The van der Waals surface area contributed by atoms with E-state index in [4.69, 9.17) is 9.47 Å². The summed E-state index contributed by atoms with van der Waals surface area (Å²) in [6.07, 6.45) is 4.86. The number of halogens is 1. The van der Waals surface area contributed by atoms with Crippen molar-refractivity contribution >= 4 is 6.08 Å². The van der Waals surface area contributed by atoms with Gasteiger partial charge in [0, 0.05) is 11.6 Å². The predicted octanol–water partition coefficient (Wildman–Crippen LogP) is 2.95. The first-order chi connectivity index (χ1) is 9.16. The van der Waals surface area contributed by atoms with Gasteiger partial charge in [-0.05, 0) is 18.9 Å². The molecule has 1 fully saturated rings. The van der Waals surface area contributed by atoms with Gasteiger partial charge in [0.05, 0.1) is 14.2 Å². The molecule has 0 atom stereocenters. The van der Waals surface area contributed by atoms with Crippen molar-refractivity contribution in [3.63, 3.8) is 0 Å². The van der Waals surface area contributed by atoms with Crippen molar-refractivity contribution in [3.05, 3.63) is 23.5 Å². The lowest BCUT2D eigenvalue weighted by molar-refractivity contribution is 0.334. The molecule has 0 N–H and O–H groups in total. The first kappa shape index (κ1) is 13.6. The molecule has 1 aliphatic carbocycles. The van der Waals surface area contributed by atoms with Crippen LogP contribution < -0.4 is 9.47 Å². The van der Waals surface area contributed by atoms with E-state index in [-0.39, 0.29) is 0 Å². The summed E-state index contributed by atoms with van der Waals surface area (Å²) in [5.74, 6) is 0.315. The number of ether oxygens (including phenoxy) is 2. The highest BCUT2D eigenvalue weighted by molar-refractivity contribution is 5.52. The molecule has 0 aliphatic heterocycles. The van der Waals surface area contributed by atoms with Gasteiger partial charge in [0.1, 0.15) is 11.4 Å². The quantitative estimate of drug-likeness (QED) is 0.621. The summed E-state index contributed by atoms with van der Waals surface area (Å²) in [6, 6.07) is 2.63. The molecule has 0 heterocycles. The molecule has 1 aromatic carbocycles. The van der Waals surface area contributed by atoms with Crippen molar-refractivity contribution in [2.24, 2.45) is 4.99 Å². The highest BCUT2D eigenvalue weighted by atomic mass is 19.1. The van der Waals surface area contributed by atoms with Gasteiger partial charge in [-0.2, -0.15) is 4.99 Å². The van der Waals surface area contributed by atoms with E-state index in [0.717, 1.165) is 12.8 Å². The molecule has 19 heavy (non-hydrogen) atoms. The van der Waals surface area contributed by atoms with Crippen molar-refractivity contribution in [1.29, 1.82) is 0 Å². The number of benzene rings is 1. The summed E-state index contributed by atoms with van der Waals surface area (Å²) < 4.78 is 24.2. The number of isocyanates is 1. The van der Waals surface area contributed by atoms with Gasteiger partial charge in [0.15, 0.2) is 11.5 Å². The molecule has 0 spiro atoms. The molecule has 0 bridgehead atoms. The van der Waals surface area contributed by atoms with E-state index in [1.165, 1.54) is 26.4 Å². The molecule has 2 rings (SSSR count). The second kappa shape index (κ2) is 5.41. The van der Waals surface area contributed by atoms with Crippen molar-refractivity contribution in [3.8, 4) is 11.5 Å². The van der Waals surface area contributed by atoms with E-state index in [0.29, 0.717) is 29.9 Å². The van der Waals surface area contributed by atoms with Crippen LogP contribution in [0.15, 0.2) is 17.1 Å². The van der Waals surface area contributed by atoms with Crippen molar-refractivity contribution in [1.82, 2.24) is 0 Å². The Morgan fingerprint density at radius 1 is 1.26 bits per heavy atom. The molecule has 5 heteroatoms. The molecule has 1 aliphatic rings. The largest absolute Gasteiger partial charge is 0.493 e. The summed E-state index contributed by atoms with van der Waals surface area (Å²) in [6.45, 7) is 0. The summed E-state index contributed by atoms with van der Waals surface area (Å²) in [7, 11) is 2.94. The Morgan fingerprint density at radius 2 is 1.95 bits per heavy atom. The van der Waals surface area contributed by atoms with Crippen LogP contribution in [-0.2, 0) is 10.3 Å². The highest BCUT2D eigenvalue weighted by Crippen LogP contribution is 2.48. The first-order valence-corrected chi connectivity index (χ1v) is 6.18. The van der Waals surface area contributed by atoms with E-state index >= 15 is 0 Å². The molecule has 102 valence electrons. The second-order valence-electron chi connectivity index (χ2n) is 4.63. The van der Waals surface area contributed by atoms with E-state index in [1.807, 2.05) is 0 Å². The van der Waals surface area contributed by atoms with Gasteiger partial charge in [-0.15, -0.1) is 0 Å². The van der Waals surface area contributed by atoms with Crippen LogP contribution in [0.5, 0.6) is 11.5 Å². The molecule has 4 nitrogen and oxygen atoms in total. The van der Waals surface area contributed by atoms with Crippen LogP contribution in [0, 0.1) is 5.82 Å². The third kappa shape index (κ3) is 2.34. The van der Waals surface area contributed by atoms with Crippen LogP contribution in [0.25, 0.3) is 0 Å². The standard InChI is InChI=1S/C14H16FNO3/c1-18-12-8-10(15)7-11(13(12)19-2)14(16-9-17)5-3-4-6-14/h7-8H,3-6H2,1-2H3. The van der Waals surface area contributed by atoms with Gasteiger partial charge in [0.2, 0.25) is 6.08 Å². The molecule has 0 amide bonds. The number of rotatable bonds is 4. The predicted molar refractivity (Wildman–Crippen MR) is 67.8 cm³/mol. The fourth-order valence-corrected chi connectivity index (χ4v) is 2.77. The number of carbonyl (C=O) groups excluding carboxylic acids is 1. The molecule has 0 saturated heterocycles. The van der Waals surface area contributed by atoms with Crippen LogP contribution >= 0.6 is 0 Å². The molecular weight excluding hydrogens is 249 g/mol. The number of methoxy groups -OCH3 is 2. The Bertz CT molecular complexity index is 518. The summed E-state index contributed by atoms with van der Waals surface area (Å²) in [5, 5.41) is 0. The third-order valence-corrected chi connectivity index (χ3v) is 3.64. The molecule has 0 radical (unpaired) electrons. The monoisotopic (exact) mass is 265 g/mol. The van der Waals surface area contributed by atoms with Crippen LogP contribution in [0.3, 0.4) is 0 Å². The average molecular weight is 265 g/mol. The molecule has 1 saturated carbocycles. The fourth-order valence-electron chi connectivity index (χ4n) is 2.77. The van der Waals surface area contributed by atoms with E-state index < -0.39 is 11.4 Å². The summed E-state index contributed by atoms with van der Waals surface area (Å²) >= 11 is 0. The second-order valence-corrected chi connectivity index (χ2v) is 4.63. The minimum atomic E-state index is -0.734. The Hall–Kier alpha value is -1.87. The van der Waals surface area contributed by atoms with Crippen molar-refractivity contribution in [2.45, 2.75) is 31.2 Å². The third-order valence-electron chi connectivity index (χ3n) is 3.64. The number of hydrogen-bond donors (Lipinski definition) is 0. The zero-order valence-corrected chi connectivity index (χ0v) is 11.0. The Morgan fingerprint density at radius 3 is 2.47 bits per heavy atom. The zero-order valence-electron chi connectivity index (χ0n) is 11.0. The van der Waals surface area contributed by atoms with Crippen molar-refractivity contribution in [2.75, 3.05) is 14.2 Å². The maximum absolute atomic E-state index is 13.7. The van der Waals surface area contributed by atoms with Crippen LogP contribution in [-0.4, -0.2) is 20.3 Å². The first-order valence-electron chi connectivity index (χ1n) is 6.18. The van der Waals surface area contributed by atoms with E-state index in [2.05, 4.69) is 4.99 Å². The average Bonchev–Trinajstić information content (AvgIpc) is 2.87. The number of nitrogens with zero attached hydrogens (tertiary/aromatic N) is 1. The molecule has 0 unspecified atom stereocenters. The smallest absolute Gasteiger partial charge is 0.235 e. The highest BCUT2D eigenvalue weighted by Gasteiger charge is 2.39. The minimum Gasteiger partial charge on any atom is -0.493 e. The van der Waals surface area contributed by atoms with Gasteiger partial charge in [-0.1, -0.05) is 12.8 Å². The van der Waals surface area contributed by atoms with E-state index in [9.17, 15) is 9.18 Å². The SMILES string of the molecule is COc1cc(F)cc(C2(N=C=O)CCCC2)c1OC. The van der Waals surface area contributed by atoms with Gasteiger partial charge in [0.25, 0.3) is 0 Å². The van der Waals surface area contributed by atoms with E-state index in [1.54, 1.807) is 6.08 Å². The maximum atomic E-state index is 13.7. The van der Waals surface area contributed by atoms with Crippen LogP contribution in [0.2, 0.25) is 0 Å². The Labute approximate surface area is 111 Å². The fraction of sp³-hybridized carbons (Fsp3) is 0.500. The maximum Gasteiger partial charge on any atom is 0.235 e. The van der Waals surface area contributed by atoms with Crippen molar-refractivity contribution < 1.29 is 18.7 Å². The van der Waals surface area contributed by atoms with Gasteiger partial charge >= 0.3 is 0 Å². The lowest BCUT2D eigenvalue weighted by atomic mass is 9.87. The lowest BCUT2D eigenvalue weighted by Crippen LogP contribution is -2.20. The van der Waals surface area contributed by atoms with Gasteiger partial charge in [-0.25, -0.2) is 9.18 Å². The summed E-state index contributed by atoms with van der Waals surface area (Å²) in [5.41, 5.74) is -0.171. The van der Waals surface area contributed by atoms with Crippen LogP contribution in [0.1, 0.15) is 31.2 Å². The molecular formula is C14H16FNO3.